The number of nitrogens with one attached hydrogen (secondary N) is 2. The Morgan fingerprint density at radius 3 is 3.00 bits per heavy atom. The van der Waals surface area contributed by atoms with E-state index in [9.17, 15) is 9.59 Å². The quantitative estimate of drug-likeness (QED) is 0.770. The van der Waals surface area contributed by atoms with E-state index in [1.807, 2.05) is 24.3 Å². The Kier molecular flexibility index (Phi) is 2.96. The van der Waals surface area contributed by atoms with Crippen molar-refractivity contribution in [2.75, 3.05) is 11.9 Å². The summed E-state index contributed by atoms with van der Waals surface area (Å²) >= 11 is 0. The van der Waals surface area contributed by atoms with E-state index in [0.717, 1.165) is 11.3 Å². The van der Waals surface area contributed by atoms with Gasteiger partial charge in [-0.2, -0.15) is 5.48 Å². The number of rotatable bonds is 2. The van der Waals surface area contributed by atoms with Crippen LogP contribution in [0.2, 0.25) is 0 Å². The number of hydrogen-bond acceptors (Lipinski definition) is 5. The standard InChI is InChI=1S/C13H14N2O4/c1-2-18-13(17)11-9-10(15-19-11)7-5-3-4-6-8(7)14-12(9)16/h3-6,9-11,15H,2H2,1H3,(H,14,16)/t9-,10+,11-/m0/s1. The topological polar surface area (TPSA) is 76.7 Å². The lowest BCUT2D eigenvalue weighted by atomic mass is 9.85. The molecule has 1 amide bonds. The molecule has 1 aromatic carbocycles. The Morgan fingerprint density at radius 1 is 1.42 bits per heavy atom. The van der Waals surface area contributed by atoms with Crippen molar-refractivity contribution in [2.24, 2.45) is 5.92 Å². The second-order valence-electron chi connectivity index (χ2n) is 4.49. The van der Waals surface area contributed by atoms with Crippen LogP contribution in [0.1, 0.15) is 18.5 Å². The third kappa shape index (κ3) is 1.89. The van der Waals surface area contributed by atoms with Crippen molar-refractivity contribution >= 4 is 17.6 Å². The van der Waals surface area contributed by atoms with Gasteiger partial charge in [-0.15, -0.1) is 0 Å². The molecule has 6 nitrogen and oxygen atoms in total. The number of hydroxylamine groups is 1. The van der Waals surface area contributed by atoms with Gasteiger partial charge in [0.25, 0.3) is 0 Å². The highest BCUT2D eigenvalue weighted by molar-refractivity contribution is 5.99. The Balaban J connectivity index is 1.92. The normalized spacial score (nSPS) is 28.3. The van der Waals surface area contributed by atoms with E-state index in [1.165, 1.54) is 0 Å². The van der Waals surface area contributed by atoms with Crippen molar-refractivity contribution in [3.8, 4) is 0 Å². The van der Waals surface area contributed by atoms with Crippen LogP contribution in [0.15, 0.2) is 24.3 Å². The number of ether oxygens (including phenoxy) is 1. The maximum atomic E-state index is 12.1. The fourth-order valence-electron chi connectivity index (χ4n) is 2.53. The molecule has 1 fully saturated rings. The Bertz CT molecular complexity index is 531. The van der Waals surface area contributed by atoms with Crippen molar-refractivity contribution in [2.45, 2.75) is 19.1 Å². The number of carbonyl (C=O) groups is 2. The molecular formula is C13H14N2O4. The number of anilines is 1. The SMILES string of the molecule is CCOC(=O)[C@H]1ON[C@@H]2c3ccccc3NC(=O)[C@H]12. The second kappa shape index (κ2) is 4.64. The molecule has 0 bridgehead atoms. The van der Waals surface area contributed by atoms with E-state index in [-0.39, 0.29) is 18.6 Å². The minimum absolute atomic E-state index is 0.230. The van der Waals surface area contributed by atoms with E-state index >= 15 is 0 Å². The fraction of sp³-hybridized carbons (Fsp3) is 0.385. The molecule has 100 valence electrons. The van der Waals surface area contributed by atoms with E-state index in [4.69, 9.17) is 9.57 Å². The van der Waals surface area contributed by atoms with Crippen LogP contribution < -0.4 is 10.8 Å². The Morgan fingerprint density at radius 2 is 2.21 bits per heavy atom. The molecule has 0 radical (unpaired) electrons. The molecule has 2 heterocycles. The lowest BCUT2D eigenvalue weighted by Crippen LogP contribution is -2.41. The van der Waals surface area contributed by atoms with E-state index in [2.05, 4.69) is 10.8 Å². The maximum Gasteiger partial charge on any atom is 0.338 e. The molecule has 0 aromatic heterocycles. The third-order valence-electron chi connectivity index (χ3n) is 3.38. The third-order valence-corrected chi connectivity index (χ3v) is 3.38. The number of esters is 1. The van der Waals surface area contributed by atoms with E-state index < -0.39 is 18.0 Å². The zero-order valence-corrected chi connectivity index (χ0v) is 10.4. The van der Waals surface area contributed by atoms with E-state index in [1.54, 1.807) is 6.92 Å². The highest BCUT2D eigenvalue weighted by Gasteiger charge is 2.50. The van der Waals surface area contributed by atoms with Crippen LogP contribution in [0.3, 0.4) is 0 Å². The summed E-state index contributed by atoms with van der Waals surface area (Å²) in [6, 6.07) is 7.13. The first-order chi connectivity index (χ1) is 9.22. The van der Waals surface area contributed by atoms with Crippen LogP contribution >= 0.6 is 0 Å². The molecule has 3 atom stereocenters. The molecule has 0 aliphatic carbocycles. The van der Waals surface area contributed by atoms with Gasteiger partial charge in [0.05, 0.1) is 18.6 Å². The molecule has 2 N–H and O–H groups in total. The summed E-state index contributed by atoms with van der Waals surface area (Å²) in [5, 5.41) is 2.79. The first-order valence-electron chi connectivity index (χ1n) is 6.20. The van der Waals surface area contributed by atoms with Gasteiger partial charge in [-0.05, 0) is 18.6 Å². The number of carbonyl (C=O) groups excluding carboxylic acids is 2. The molecule has 0 saturated carbocycles. The van der Waals surface area contributed by atoms with Gasteiger partial charge in [0.1, 0.15) is 0 Å². The van der Waals surface area contributed by atoms with Crippen molar-refractivity contribution in [3.63, 3.8) is 0 Å². The largest absolute Gasteiger partial charge is 0.464 e. The molecule has 1 aromatic rings. The summed E-state index contributed by atoms with van der Waals surface area (Å²) in [7, 11) is 0. The van der Waals surface area contributed by atoms with Crippen molar-refractivity contribution in [3.05, 3.63) is 29.8 Å². The number of para-hydroxylation sites is 1. The highest BCUT2D eigenvalue weighted by Crippen LogP contribution is 2.40. The van der Waals surface area contributed by atoms with Gasteiger partial charge in [0, 0.05) is 5.69 Å². The van der Waals surface area contributed by atoms with Crippen molar-refractivity contribution in [1.82, 2.24) is 5.48 Å². The average Bonchev–Trinajstić information content (AvgIpc) is 2.85. The number of hydrogen-bond donors (Lipinski definition) is 2. The number of amides is 1. The first-order valence-corrected chi connectivity index (χ1v) is 6.20. The number of fused-ring (bicyclic) bond motifs is 3. The molecule has 1 saturated heterocycles. The lowest BCUT2D eigenvalue weighted by Gasteiger charge is -2.27. The molecule has 19 heavy (non-hydrogen) atoms. The zero-order valence-electron chi connectivity index (χ0n) is 10.4. The fourth-order valence-corrected chi connectivity index (χ4v) is 2.53. The molecular weight excluding hydrogens is 248 g/mol. The van der Waals surface area contributed by atoms with Crippen LogP contribution in [-0.4, -0.2) is 24.6 Å². The lowest BCUT2D eigenvalue weighted by molar-refractivity contribution is -0.160. The Labute approximate surface area is 110 Å². The summed E-state index contributed by atoms with van der Waals surface area (Å²) in [6.45, 7) is 1.97. The zero-order chi connectivity index (χ0) is 13.4. The average molecular weight is 262 g/mol. The van der Waals surface area contributed by atoms with Gasteiger partial charge >= 0.3 is 5.97 Å². The smallest absolute Gasteiger partial charge is 0.338 e. The van der Waals surface area contributed by atoms with Crippen LogP contribution in [0.25, 0.3) is 0 Å². The maximum absolute atomic E-state index is 12.1. The number of benzene rings is 1. The minimum Gasteiger partial charge on any atom is -0.464 e. The highest BCUT2D eigenvalue weighted by atomic mass is 16.7. The van der Waals surface area contributed by atoms with Gasteiger partial charge < -0.3 is 10.1 Å². The summed E-state index contributed by atoms with van der Waals surface area (Å²) in [5.41, 5.74) is 4.43. The van der Waals surface area contributed by atoms with Crippen LogP contribution in [0.5, 0.6) is 0 Å². The van der Waals surface area contributed by atoms with Gasteiger partial charge in [-0.3, -0.25) is 9.63 Å². The van der Waals surface area contributed by atoms with Gasteiger partial charge in [0.2, 0.25) is 5.91 Å². The van der Waals surface area contributed by atoms with Crippen LogP contribution in [0.4, 0.5) is 5.69 Å². The summed E-state index contributed by atoms with van der Waals surface area (Å²) in [4.78, 5) is 29.2. The molecule has 3 rings (SSSR count). The van der Waals surface area contributed by atoms with Gasteiger partial charge in [-0.25, -0.2) is 4.79 Å². The van der Waals surface area contributed by atoms with Gasteiger partial charge in [0.15, 0.2) is 6.10 Å². The Hall–Kier alpha value is -1.92. The molecule has 6 heteroatoms. The second-order valence-corrected chi connectivity index (χ2v) is 4.49. The monoisotopic (exact) mass is 262 g/mol. The molecule has 0 spiro atoms. The van der Waals surface area contributed by atoms with Crippen molar-refractivity contribution < 1.29 is 19.2 Å². The predicted octanol–water partition coefficient (Wildman–Crippen LogP) is 0.762. The van der Waals surface area contributed by atoms with E-state index in [0.29, 0.717) is 0 Å². The summed E-state index contributed by atoms with van der Waals surface area (Å²) in [5.74, 6) is -1.35. The van der Waals surface area contributed by atoms with Crippen LogP contribution in [-0.2, 0) is 19.2 Å². The molecule has 2 aliphatic rings. The molecule has 0 unspecified atom stereocenters. The first kappa shape index (κ1) is 12.1. The predicted molar refractivity (Wildman–Crippen MR) is 65.9 cm³/mol. The van der Waals surface area contributed by atoms with Gasteiger partial charge in [-0.1, -0.05) is 18.2 Å². The summed E-state index contributed by atoms with van der Waals surface area (Å²) < 4.78 is 4.93. The minimum atomic E-state index is -0.904. The van der Waals surface area contributed by atoms with Crippen LogP contribution in [0, 0.1) is 5.92 Å². The summed E-state index contributed by atoms with van der Waals surface area (Å²) in [6.07, 6.45) is -0.904. The van der Waals surface area contributed by atoms with Crippen molar-refractivity contribution in [1.29, 1.82) is 0 Å². The molecule has 2 aliphatic heterocycles.